The van der Waals surface area contributed by atoms with Gasteiger partial charge in [0.05, 0.1) is 30.2 Å². The van der Waals surface area contributed by atoms with E-state index in [2.05, 4.69) is 0 Å². The summed E-state index contributed by atoms with van der Waals surface area (Å²) in [5.74, 6) is 0. The van der Waals surface area contributed by atoms with Crippen LogP contribution in [0.2, 0.25) is 0 Å². The Morgan fingerprint density at radius 1 is 0.389 bits per heavy atom. The van der Waals surface area contributed by atoms with Gasteiger partial charge in [-0.05, 0) is 71.7 Å². The molecule has 0 radical (unpaired) electrons. The first kappa shape index (κ1) is 8.18. The third-order valence-corrected chi connectivity index (χ3v) is 5.69. The number of fused-ring (bicyclic) bond motifs is 3. The van der Waals surface area contributed by atoms with Crippen molar-refractivity contribution in [3.8, 4) is 33.4 Å². The number of benzene rings is 7. The Labute approximate surface area is 242 Å². The van der Waals surface area contributed by atoms with Crippen molar-refractivity contribution >= 4 is 32.3 Å². The molecule has 36 heavy (non-hydrogen) atoms. The summed E-state index contributed by atoms with van der Waals surface area (Å²) in [5, 5.41) is -3.16. The highest BCUT2D eigenvalue weighted by Crippen LogP contribution is 2.45. The highest BCUT2D eigenvalue weighted by atomic mass is 14.2. The molecule has 0 N–H and O–H groups in total. The Balaban J connectivity index is 1.95. The molecule has 0 saturated carbocycles. The summed E-state index contributed by atoms with van der Waals surface area (Å²) in [6.45, 7) is 0. The Hall–Kier alpha value is -4.68. The Morgan fingerprint density at radius 3 is 1.67 bits per heavy atom. The molecule has 0 bridgehead atoms. The predicted molar refractivity (Wildman–Crippen MR) is 155 cm³/mol. The van der Waals surface area contributed by atoms with Gasteiger partial charge < -0.3 is 0 Å². The maximum Gasteiger partial charge on any atom is 0.0636 e. The second kappa shape index (κ2) is 8.52. The zero-order valence-corrected chi connectivity index (χ0v) is 18.2. The molecule has 7 aromatic rings. The molecule has 0 aromatic heterocycles. The maximum atomic E-state index is 9.84. The number of hydrogen-bond donors (Lipinski definition) is 0. The first-order valence-corrected chi connectivity index (χ1v) is 10.7. The molecule has 0 aliphatic carbocycles. The van der Waals surface area contributed by atoms with Crippen LogP contribution in [0.1, 0.15) is 30.2 Å². The molecule has 0 amide bonds. The van der Waals surface area contributed by atoms with Crippen LogP contribution >= 0.6 is 0 Å². The van der Waals surface area contributed by atoms with E-state index < -0.39 is 182 Å². The predicted octanol–water partition coefficient (Wildman–Crippen LogP) is 10.1. The molecule has 0 heterocycles. The van der Waals surface area contributed by atoms with Gasteiger partial charge in [0.25, 0.3) is 0 Å². The van der Waals surface area contributed by atoms with Gasteiger partial charge in [0, 0.05) is 0 Å². The highest BCUT2D eigenvalue weighted by Gasteiger charge is 2.17. The Morgan fingerprint density at radius 2 is 0.972 bits per heavy atom. The van der Waals surface area contributed by atoms with E-state index in [4.69, 9.17) is 24.7 Å². The normalized spacial score (nSPS) is 19.9. The fourth-order valence-electron chi connectivity index (χ4n) is 4.21. The first-order valence-electron chi connectivity index (χ1n) is 21.7. The second-order valence-corrected chi connectivity index (χ2v) is 7.64. The van der Waals surface area contributed by atoms with Crippen molar-refractivity contribution in [3.63, 3.8) is 0 Å². The van der Waals surface area contributed by atoms with Crippen molar-refractivity contribution in [1.29, 1.82) is 0 Å². The van der Waals surface area contributed by atoms with E-state index in [0.29, 0.717) is 0 Å². The lowest BCUT2D eigenvalue weighted by molar-refractivity contribution is 1.64. The van der Waals surface area contributed by atoms with Crippen LogP contribution in [0, 0.1) is 0 Å². The molecule has 168 valence electrons. The van der Waals surface area contributed by atoms with Gasteiger partial charge in [0.2, 0.25) is 0 Å². The fraction of sp³-hybridized carbons (Fsp3) is 0. The lowest BCUT2D eigenvalue weighted by atomic mass is 9.84. The molecule has 0 aliphatic heterocycles. The molecule has 0 spiro atoms. The quantitative estimate of drug-likeness (QED) is 0.222. The van der Waals surface area contributed by atoms with Crippen molar-refractivity contribution in [2.24, 2.45) is 0 Å². The van der Waals surface area contributed by atoms with Crippen LogP contribution in [0.25, 0.3) is 65.7 Å². The summed E-state index contributed by atoms with van der Waals surface area (Å²) in [6, 6.07) is -15.8. The van der Waals surface area contributed by atoms with Gasteiger partial charge in [0.15, 0.2) is 0 Å². The average molecular weight is 479 g/mol. The highest BCUT2D eigenvalue weighted by molar-refractivity contribution is 6.22. The smallest absolute Gasteiger partial charge is 0.0622 e. The minimum absolute atomic E-state index is 0.277. The summed E-state index contributed by atoms with van der Waals surface area (Å²) in [4.78, 5) is 0. The average Bonchev–Trinajstić information content (AvgIpc) is 3.18. The minimum Gasteiger partial charge on any atom is -0.0622 e. The van der Waals surface area contributed by atoms with E-state index in [1.54, 1.807) is 0 Å². The lowest BCUT2D eigenvalue weighted by Crippen LogP contribution is -1.91. The van der Waals surface area contributed by atoms with E-state index in [1.165, 1.54) is 0 Å². The van der Waals surface area contributed by atoms with Crippen LogP contribution < -0.4 is 0 Å². The van der Waals surface area contributed by atoms with E-state index in [9.17, 15) is 5.48 Å². The fourth-order valence-corrected chi connectivity index (χ4v) is 4.21. The third kappa shape index (κ3) is 3.31. The zero-order valence-electron chi connectivity index (χ0n) is 40.2. The van der Waals surface area contributed by atoms with Crippen LogP contribution in [0.3, 0.4) is 0 Å². The summed E-state index contributed by atoms with van der Waals surface area (Å²) < 4.78 is 193. The van der Waals surface area contributed by atoms with Crippen LogP contribution in [-0.4, -0.2) is 0 Å². The topological polar surface area (TPSA) is 0 Å². The maximum absolute atomic E-state index is 9.84. The monoisotopic (exact) mass is 478 g/mol. The van der Waals surface area contributed by atoms with E-state index in [-0.39, 0.29) is 16.3 Å². The minimum atomic E-state index is -0.910. The van der Waals surface area contributed by atoms with Crippen molar-refractivity contribution < 1.29 is 30.2 Å². The number of hydrogen-bond acceptors (Lipinski definition) is 0. The van der Waals surface area contributed by atoms with Crippen molar-refractivity contribution in [2.45, 2.75) is 0 Å². The largest absolute Gasteiger partial charge is 0.0636 e. The molecule has 0 aliphatic rings. The molecule has 7 rings (SSSR count). The van der Waals surface area contributed by atoms with Gasteiger partial charge in [-0.2, -0.15) is 0 Å². The van der Waals surface area contributed by atoms with Gasteiger partial charge in [-0.3, -0.25) is 0 Å². The van der Waals surface area contributed by atoms with Crippen LogP contribution in [0.5, 0.6) is 0 Å². The lowest BCUT2D eigenvalue weighted by Gasteiger charge is -2.19. The van der Waals surface area contributed by atoms with Gasteiger partial charge in [-0.1, -0.05) is 139 Å². The summed E-state index contributed by atoms with van der Waals surface area (Å²) in [6.07, 6.45) is 0. The molecule has 0 fully saturated rings. The molecule has 7 aromatic carbocycles. The summed E-state index contributed by atoms with van der Waals surface area (Å²) in [7, 11) is 0. The van der Waals surface area contributed by atoms with Gasteiger partial charge in [-0.15, -0.1) is 0 Å². The molecular weight excluding hydrogens is 432 g/mol. The Bertz CT molecular complexity index is 3010. The van der Waals surface area contributed by atoms with E-state index in [0.717, 1.165) is 12.1 Å². The molecule has 0 nitrogen and oxygen atoms in total. The summed E-state index contributed by atoms with van der Waals surface area (Å²) >= 11 is 0. The van der Waals surface area contributed by atoms with Crippen LogP contribution in [-0.2, 0) is 0 Å². The zero-order chi connectivity index (χ0) is 43.0. The molecule has 0 heteroatoms. The molecular formula is C36H24. The van der Waals surface area contributed by atoms with Gasteiger partial charge >= 0.3 is 0 Å². The standard InChI is InChI=1S/C36H24/c1-3-13-26(14-4-1)35-31-19-9-10-20-32(31)36(27-15-5-2-6-16-27)34-24-28(22-23-33(34)35)30-21-11-17-25-12-7-8-18-29(25)30/h1-24H/i1D,2D,3D,4D,5D,6D,7D,9D,10D,11D,12D,13D,14D,15D,16D,17D,18D,19D,20D,22D,23D,24D. The molecule has 0 saturated heterocycles. The SMILES string of the molecule is [2H]c1cc([2H])c2c(-c3c([2H])c([2H])c4c(-c5c([2H])c([2H])c([2H])c([2H])c5[2H])c5c([2H])c([2H])c([2H])c([2H])c5c(-c5c([2H])c([2H])c([2H])c([2H])c5[2H])c4c3[2H])cc([2H])c([2H])c2c1[2H]. The first-order chi connectivity index (χ1) is 27.0. The van der Waals surface area contributed by atoms with Gasteiger partial charge in [-0.25, -0.2) is 0 Å². The van der Waals surface area contributed by atoms with Crippen molar-refractivity contribution in [3.05, 3.63) is 145 Å². The van der Waals surface area contributed by atoms with Crippen molar-refractivity contribution in [2.75, 3.05) is 0 Å². The van der Waals surface area contributed by atoms with E-state index >= 15 is 0 Å². The molecule has 0 unspecified atom stereocenters. The van der Waals surface area contributed by atoms with Gasteiger partial charge in [0.1, 0.15) is 0 Å². The third-order valence-electron chi connectivity index (χ3n) is 5.69. The summed E-state index contributed by atoms with van der Waals surface area (Å²) in [5.41, 5.74) is -3.56. The van der Waals surface area contributed by atoms with E-state index in [1.807, 2.05) is 0 Å². The molecule has 0 atom stereocenters. The second-order valence-electron chi connectivity index (χ2n) is 7.64. The van der Waals surface area contributed by atoms with Crippen LogP contribution in [0.15, 0.2) is 145 Å². The van der Waals surface area contributed by atoms with Crippen molar-refractivity contribution in [1.82, 2.24) is 0 Å². The van der Waals surface area contributed by atoms with Crippen LogP contribution in [0.4, 0.5) is 0 Å². The number of rotatable bonds is 3. The Kier molecular flexibility index (Phi) is 1.94.